The number of aliphatic carboxylic acids is 1. The molecule has 0 saturated heterocycles. The molecule has 0 rings (SSSR count). The first kappa shape index (κ1) is 9.94. The van der Waals surface area contributed by atoms with Crippen LogP contribution in [0, 0.1) is 0 Å². The lowest BCUT2D eigenvalue weighted by Crippen LogP contribution is -1.88. The van der Waals surface area contributed by atoms with Crippen LogP contribution in [0.1, 0.15) is 26.2 Å². The first-order chi connectivity index (χ1) is 4.66. The molecule has 0 aliphatic rings. The van der Waals surface area contributed by atoms with Gasteiger partial charge in [-0.25, -0.2) is 4.79 Å². The second-order valence-electron chi connectivity index (χ2n) is 2.03. The van der Waals surface area contributed by atoms with Gasteiger partial charge in [-0.1, -0.05) is 13.3 Å². The van der Waals surface area contributed by atoms with Gasteiger partial charge in [0.25, 0.3) is 0 Å². The van der Waals surface area contributed by atoms with E-state index in [1.807, 2.05) is 0 Å². The molecule has 0 unspecified atom stereocenters. The lowest BCUT2D eigenvalue weighted by atomic mass is 10.2. The molecule has 1 N–H and O–H groups in total. The number of allylic oxidation sites excluding steroid dienone is 1. The number of hydrogen-bond donors (Lipinski definition) is 1. The highest BCUT2D eigenvalue weighted by Gasteiger charge is 1.94. The summed E-state index contributed by atoms with van der Waals surface area (Å²) in [6, 6.07) is 0. The smallest absolute Gasteiger partial charge is 0.329 e. The van der Waals surface area contributed by atoms with E-state index in [0.29, 0.717) is 0 Å². The largest absolute Gasteiger partial charge is 0.478 e. The molecule has 0 atom stereocenters. The minimum Gasteiger partial charge on any atom is -0.478 e. The van der Waals surface area contributed by atoms with Gasteiger partial charge in [-0.3, -0.25) is 0 Å². The van der Waals surface area contributed by atoms with Crippen molar-refractivity contribution in [3.63, 3.8) is 0 Å². The maximum Gasteiger partial charge on any atom is 0.329 e. The van der Waals surface area contributed by atoms with Crippen LogP contribution in [0.2, 0.25) is 0 Å². The highest BCUT2D eigenvalue weighted by Crippen LogP contribution is 2.13. The Kier molecular flexibility index (Phi) is 5.67. The van der Waals surface area contributed by atoms with Gasteiger partial charge in [0.2, 0.25) is 0 Å². The Labute approximate surface area is 74.5 Å². The Morgan fingerprint density at radius 2 is 2.30 bits per heavy atom. The van der Waals surface area contributed by atoms with Crippen LogP contribution < -0.4 is 0 Å². The highest BCUT2D eigenvalue weighted by molar-refractivity contribution is 14.1. The predicted molar refractivity (Wildman–Crippen MR) is 49.3 cm³/mol. The van der Waals surface area contributed by atoms with Crippen LogP contribution in [0.3, 0.4) is 0 Å². The van der Waals surface area contributed by atoms with Crippen molar-refractivity contribution in [3.8, 4) is 0 Å². The normalized spacial score (nSPS) is 11.6. The molecule has 0 spiro atoms. The Morgan fingerprint density at radius 1 is 1.70 bits per heavy atom. The standard InChI is InChI=1S/C7H11IO2/c1-2-3-4-6(8)5-7(9)10/h5H,2-4H2,1H3,(H,9,10)/b6-5-. The predicted octanol–water partition coefficient (Wildman–Crippen LogP) is 2.58. The van der Waals surface area contributed by atoms with Crippen LogP contribution in [0.4, 0.5) is 0 Å². The van der Waals surface area contributed by atoms with Crippen molar-refractivity contribution in [2.24, 2.45) is 0 Å². The van der Waals surface area contributed by atoms with Gasteiger partial charge in [0.1, 0.15) is 0 Å². The zero-order valence-electron chi connectivity index (χ0n) is 5.93. The van der Waals surface area contributed by atoms with Gasteiger partial charge in [0, 0.05) is 6.08 Å². The van der Waals surface area contributed by atoms with E-state index in [1.165, 1.54) is 6.08 Å². The number of rotatable bonds is 4. The number of unbranched alkanes of at least 4 members (excludes halogenated alkanes) is 1. The summed E-state index contributed by atoms with van der Waals surface area (Å²) < 4.78 is 0.923. The first-order valence-corrected chi connectivity index (χ1v) is 4.33. The van der Waals surface area contributed by atoms with E-state index in [4.69, 9.17) is 5.11 Å². The summed E-state index contributed by atoms with van der Waals surface area (Å²) >= 11 is 2.06. The van der Waals surface area contributed by atoms with Crippen molar-refractivity contribution in [1.82, 2.24) is 0 Å². The summed E-state index contributed by atoms with van der Waals surface area (Å²) in [6.07, 6.45) is 4.33. The SMILES string of the molecule is CCCC/C(I)=C/C(=O)O. The van der Waals surface area contributed by atoms with E-state index in [1.54, 1.807) is 0 Å². The minimum absolute atomic E-state index is 0.847. The molecule has 0 radical (unpaired) electrons. The molecule has 0 aliphatic carbocycles. The van der Waals surface area contributed by atoms with E-state index in [-0.39, 0.29) is 0 Å². The Balaban J connectivity index is 3.60. The molecule has 0 bridgehead atoms. The van der Waals surface area contributed by atoms with Crippen LogP contribution >= 0.6 is 22.6 Å². The third-order valence-electron chi connectivity index (χ3n) is 1.05. The third kappa shape index (κ3) is 6.07. The molecule has 3 heteroatoms. The zero-order valence-corrected chi connectivity index (χ0v) is 8.09. The van der Waals surface area contributed by atoms with E-state index >= 15 is 0 Å². The fourth-order valence-corrected chi connectivity index (χ4v) is 1.20. The molecule has 0 amide bonds. The number of carbonyl (C=O) groups is 1. The monoisotopic (exact) mass is 254 g/mol. The first-order valence-electron chi connectivity index (χ1n) is 3.25. The van der Waals surface area contributed by atoms with Crippen molar-refractivity contribution in [1.29, 1.82) is 0 Å². The molecule has 0 aliphatic heterocycles. The molecule has 0 saturated carbocycles. The number of hydrogen-bond acceptors (Lipinski definition) is 1. The molecule has 58 valence electrons. The fraction of sp³-hybridized carbons (Fsp3) is 0.571. The minimum atomic E-state index is -0.847. The lowest BCUT2D eigenvalue weighted by Gasteiger charge is -1.93. The second kappa shape index (κ2) is 5.70. The quantitative estimate of drug-likeness (QED) is 0.618. The van der Waals surface area contributed by atoms with Crippen molar-refractivity contribution in [2.45, 2.75) is 26.2 Å². The maximum atomic E-state index is 10.1. The number of carboxylic acids is 1. The molecule has 0 aromatic carbocycles. The molecule has 0 fully saturated rings. The molecule has 10 heavy (non-hydrogen) atoms. The Morgan fingerprint density at radius 3 is 2.70 bits per heavy atom. The van der Waals surface area contributed by atoms with Gasteiger partial charge in [-0.2, -0.15) is 0 Å². The Hall–Kier alpha value is -0.0600. The average molecular weight is 254 g/mol. The second-order valence-corrected chi connectivity index (χ2v) is 3.42. The fourth-order valence-electron chi connectivity index (χ4n) is 0.552. The van der Waals surface area contributed by atoms with Gasteiger partial charge in [0.15, 0.2) is 0 Å². The molecular weight excluding hydrogens is 243 g/mol. The zero-order chi connectivity index (χ0) is 7.98. The van der Waals surface area contributed by atoms with Gasteiger partial charge in [-0.15, -0.1) is 0 Å². The third-order valence-corrected chi connectivity index (χ3v) is 1.90. The van der Waals surface area contributed by atoms with Crippen LogP contribution in [-0.4, -0.2) is 11.1 Å². The van der Waals surface area contributed by atoms with Gasteiger partial charge >= 0.3 is 5.97 Å². The van der Waals surface area contributed by atoms with Crippen LogP contribution in [0.25, 0.3) is 0 Å². The molecular formula is C7H11IO2. The van der Waals surface area contributed by atoms with Gasteiger partial charge in [-0.05, 0) is 39.0 Å². The van der Waals surface area contributed by atoms with Gasteiger partial charge in [0.05, 0.1) is 0 Å². The average Bonchev–Trinajstić information content (AvgIpc) is 1.82. The van der Waals surface area contributed by atoms with E-state index in [9.17, 15) is 4.79 Å². The summed E-state index contributed by atoms with van der Waals surface area (Å²) in [5.41, 5.74) is 0. The summed E-state index contributed by atoms with van der Waals surface area (Å²) in [7, 11) is 0. The molecule has 2 nitrogen and oxygen atoms in total. The van der Waals surface area contributed by atoms with E-state index < -0.39 is 5.97 Å². The molecule has 0 heterocycles. The van der Waals surface area contributed by atoms with Crippen LogP contribution in [0.5, 0.6) is 0 Å². The van der Waals surface area contributed by atoms with Crippen molar-refractivity contribution in [2.75, 3.05) is 0 Å². The summed E-state index contributed by atoms with van der Waals surface area (Å²) in [5.74, 6) is -0.847. The van der Waals surface area contributed by atoms with Crippen molar-refractivity contribution < 1.29 is 9.90 Å². The summed E-state index contributed by atoms with van der Waals surface area (Å²) in [5, 5.41) is 8.30. The topological polar surface area (TPSA) is 37.3 Å². The molecule has 0 aromatic rings. The Bertz CT molecular complexity index is 141. The highest BCUT2D eigenvalue weighted by atomic mass is 127. The van der Waals surface area contributed by atoms with Crippen molar-refractivity contribution in [3.05, 3.63) is 9.66 Å². The number of halogens is 1. The van der Waals surface area contributed by atoms with E-state index in [0.717, 1.165) is 22.8 Å². The van der Waals surface area contributed by atoms with E-state index in [2.05, 4.69) is 29.5 Å². The number of carboxylic acid groups (broad SMARTS) is 1. The summed E-state index contributed by atoms with van der Waals surface area (Å²) in [6.45, 7) is 2.09. The summed E-state index contributed by atoms with van der Waals surface area (Å²) in [4.78, 5) is 10.1. The van der Waals surface area contributed by atoms with Gasteiger partial charge < -0.3 is 5.11 Å². The maximum absolute atomic E-state index is 10.1. The molecule has 0 aromatic heterocycles. The van der Waals surface area contributed by atoms with Crippen LogP contribution in [0.15, 0.2) is 9.66 Å². The lowest BCUT2D eigenvalue weighted by molar-refractivity contribution is -0.131. The van der Waals surface area contributed by atoms with Crippen molar-refractivity contribution >= 4 is 28.6 Å². The van der Waals surface area contributed by atoms with Crippen LogP contribution in [-0.2, 0) is 4.79 Å².